The summed E-state index contributed by atoms with van der Waals surface area (Å²) in [7, 11) is 0. The van der Waals surface area contributed by atoms with Gasteiger partial charge in [-0.1, -0.05) is 0 Å². The molecule has 8 bridgehead atoms. The number of carboxylic acids is 2. The van der Waals surface area contributed by atoms with Gasteiger partial charge in [0.2, 0.25) is 0 Å². The third kappa shape index (κ3) is 6.68. The first kappa shape index (κ1) is 34.3. The Kier molecular flexibility index (Phi) is 10.2. The predicted molar refractivity (Wildman–Crippen MR) is 170 cm³/mol. The van der Waals surface area contributed by atoms with Crippen molar-refractivity contribution in [3.05, 3.63) is 69.3 Å². The molecule has 11 heteroatoms. The number of aromatic amines is 2. The molecule has 2 aliphatic rings. The van der Waals surface area contributed by atoms with Crippen LogP contribution in [-0.2, 0) is 37.3 Å². The van der Waals surface area contributed by atoms with Gasteiger partial charge in [0.25, 0.3) is 0 Å². The molecule has 10 nitrogen and oxygen atoms in total. The molecular weight excluding hydrogens is 761 g/mol. The van der Waals surface area contributed by atoms with E-state index < -0.39 is 24.1 Å². The maximum absolute atomic E-state index is 11.6. The Morgan fingerprint density at radius 2 is 1.02 bits per heavy atom. The van der Waals surface area contributed by atoms with Crippen molar-refractivity contribution in [2.45, 2.75) is 79.4 Å². The van der Waals surface area contributed by atoms with Crippen LogP contribution < -0.4 is 0 Å². The average molecular weight is 799 g/mol. The number of aliphatic hydroxyl groups excluding tert-OH is 2. The van der Waals surface area contributed by atoms with E-state index in [9.17, 15) is 30.0 Å². The summed E-state index contributed by atoms with van der Waals surface area (Å²) >= 11 is 0. The number of fused-ring (bicyclic) bond motifs is 8. The van der Waals surface area contributed by atoms with E-state index in [1.807, 2.05) is 52.0 Å². The van der Waals surface area contributed by atoms with Crippen molar-refractivity contribution in [1.29, 1.82) is 0 Å². The van der Waals surface area contributed by atoms with Crippen molar-refractivity contribution in [1.82, 2.24) is 19.9 Å². The number of carbonyl (C=O) groups is 2. The molecule has 2 aliphatic heterocycles. The second-order valence-electron chi connectivity index (χ2n) is 11.7. The van der Waals surface area contributed by atoms with Crippen molar-refractivity contribution in [3.63, 3.8) is 0 Å². The molecule has 6 N–H and O–H groups in total. The van der Waals surface area contributed by atoms with Gasteiger partial charge in [0.05, 0.1) is 35.0 Å². The summed E-state index contributed by atoms with van der Waals surface area (Å²) in [6, 6.07) is 7.51. The maximum Gasteiger partial charge on any atom is 0.303 e. The van der Waals surface area contributed by atoms with Crippen LogP contribution in [0.25, 0.3) is 44.4 Å². The van der Waals surface area contributed by atoms with E-state index >= 15 is 0 Å². The molecule has 0 aromatic carbocycles. The van der Waals surface area contributed by atoms with Gasteiger partial charge in [0.1, 0.15) is 0 Å². The van der Waals surface area contributed by atoms with E-state index in [1.165, 1.54) is 0 Å². The van der Waals surface area contributed by atoms with Gasteiger partial charge in [-0.3, -0.25) is 9.59 Å². The number of H-pyrrole nitrogens is 2. The molecule has 0 aliphatic carbocycles. The van der Waals surface area contributed by atoms with E-state index in [2.05, 4.69) is 9.97 Å². The van der Waals surface area contributed by atoms with Crippen LogP contribution in [0.5, 0.6) is 0 Å². The minimum absolute atomic E-state index is 0. The van der Waals surface area contributed by atoms with Gasteiger partial charge in [-0.05, 0) is 112 Å². The smallest absolute Gasteiger partial charge is 0.303 e. The van der Waals surface area contributed by atoms with Gasteiger partial charge in [-0.25, -0.2) is 9.97 Å². The molecule has 0 fully saturated rings. The number of aromatic nitrogens is 4. The summed E-state index contributed by atoms with van der Waals surface area (Å²) in [5.74, 6) is -1.84. The van der Waals surface area contributed by atoms with Crippen LogP contribution >= 0.6 is 0 Å². The fourth-order valence-corrected chi connectivity index (χ4v) is 6.32. The Morgan fingerprint density at radius 1 is 0.644 bits per heavy atom. The number of aliphatic hydroxyl groups is 2. The Balaban J connectivity index is 0.00000461. The Labute approximate surface area is 281 Å². The summed E-state index contributed by atoms with van der Waals surface area (Å²) in [5.41, 5.74) is 11.7. The van der Waals surface area contributed by atoms with E-state index in [0.29, 0.717) is 39.4 Å². The van der Waals surface area contributed by atoms with Crippen LogP contribution in [0.1, 0.15) is 111 Å². The first-order chi connectivity index (χ1) is 20.8. The number of carboxylic acid groups (broad SMARTS) is 2. The number of nitrogens with zero attached hydrogens (tertiary/aromatic N) is 2. The topological polar surface area (TPSA) is 172 Å². The van der Waals surface area contributed by atoms with Crippen molar-refractivity contribution in [2.24, 2.45) is 0 Å². The normalized spacial score (nSPS) is 14.4. The van der Waals surface area contributed by atoms with Crippen molar-refractivity contribution in [2.75, 3.05) is 0 Å². The summed E-state index contributed by atoms with van der Waals surface area (Å²) in [6.45, 7) is 11.1. The largest absolute Gasteiger partial charge is 0.481 e. The third-order valence-electron chi connectivity index (χ3n) is 8.65. The van der Waals surface area contributed by atoms with E-state index in [-0.39, 0.29) is 53.4 Å². The molecule has 5 rings (SSSR count). The monoisotopic (exact) mass is 800 g/mol. The van der Waals surface area contributed by atoms with Gasteiger partial charge in [-0.2, -0.15) is 0 Å². The minimum atomic E-state index is -0.921. The Hall–Kier alpha value is -3.60. The van der Waals surface area contributed by atoms with Crippen molar-refractivity contribution >= 4 is 56.3 Å². The second kappa shape index (κ2) is 13.4. The van der Waals surface area contributed by atoms with Gasteiger partial charge in [0, 0.05) is 73.7 Å². The Bertz CT molecular complexity index is 1930. The van der Waals surface area contributed by atoms with E-state index in [4.69, 9.17) is 9.97 Å². The number of rotatable bonds is 8. The minimum Gasteiger partial charge on any atom is -0.481 e. The molecule has 2 atom stereocenters. The van der Waals surface area contributed by atoms with Crippen LogP contribution in [0.15, 0.2) is 24.3 Å². The summed E-state index contributed by atoms with van der Waals surface area (Å²) in [5, 5.41) is 40.5. The molecule has 3 aromatic heterocycles. The van der Waals surface area contributed by atoms with E-state index in [0.717, 1.165) is 50.0 Å². The van der Waals surface area contributed by atoms with Crippen LogP contribution in [0.2, 0.25) is 0 Å². The summed E-state index contributed by atoms with van der Waals surface area (Å²) < 4.78 is 0. The molecule has 2 unspecified atom stereocenters. The zero-order chi connectivity index (χ0) is 32.0. The molecule has 45 heavy (non-hydrogen) atoms. The van der Waals surface area contributed by atoms with Crippen molar-refractivity contribution in [3.8, 4) is 0 Å². The number of hydrogen-bond donors (Lipinski definition) is 6. The zero-order valence-corrected chi connectivity index (χ0v) is 32.0. The quantitative estimate of drug-likeness (QED) is 0.138. The fraction of sp³-hybridized carbons (Fsp3) is 0.353. The number of hydrogen-bond acceptors (Lipinski definition) is 6. The molecule has 232 valence electrons. The standard InChI is InChI=1S/C34H38N4O6.Hg/c1-15-21(7-9-31(41)42)27-14-28-22(8-10-32(43)44)16(2)24(36-28)12-29-34(20(6)40)18(4)26(38-29)13-30-33(19(5)39)17(3)25(37-30)11-23(15)35-27;/h11-14,19-20,37-40H,7-10H2,1-6H3,(H,41,42)(H,43,44);. The molecule has 5 heterocycles. The van der Waals surface area contributed by atoms with Gasteiger partial charge < -0.3 is 30.4 Å². The SMILES string of the molecule is CC1=C(CCC(=O)O)c2cc3nc(cc4[nH]c(cc5[nH]c(cc1n2)c(C)c5C(C)O)c(C)c4C(C)O)C(C)=C3CCC(=O)O.[Hg]. The summed E-state index contributed by atoms with van der Waals surface area (Å²) in [4.78, 5) is 39.8. The van der Waals surface area contributed by atoms with Gasteiger partial charge in [-0.15, -0.1) is 0 Å². The number of nitrogens with one attached hydrogen (secondary N) is 2. The predicted octanol–water partition coefficient (Wildman–Crippen LogP) is 6.63. The summed E-state index contributed by atoms with van der Waals surface area (Å²) in [6.07, 6.45) is -1.18. The van der Waals surface area contributed by atoms with Gasteiger partial charge >= 0.3 is 11.9 Å². The van der Waals surface area contributed by atoms with Gasteiger partial charge in [0.15, 0.2) is 0 Å². The number of aryl methyl sites for hydroxylation is 2. The number of allylic oxidation sites excluding steroid dienone is 4. The molecule has 3 aromatic rings. The van der Waals surface area contributed by atoms with Crippen LogP contribution in [0.3, 0.4) is 0 Å². The molecule has 0 radical (unpaired) electrons. The average Bonchev–Trinajstić information content (AvgIpc) is 3.59. The first-order valence-corrected chi connectivity index (χ1v) is 14.7. The zero-order valence-electron chi connectivity index (χ0n) is 26.5. The number of aliphatic carboxylic acids is 2. The Morgan fingerprint density at radius 3 is 1.42 bits per heavy atom. The van der Waals surface area contributed by atoms with Crippen LogP contribution in [0.4, 0.5) is 0 Å². The molecule has 0 amide bonds. The second-order valence-corrected chi connectivity index (χ2v) is 11.7. The van der Waals surface area contributed by atoms with Crippen LogP contribution in [0, 0.1) is 13.8 Å². The fourth-order valence-electron chi connectivity index (χ4n) is 6.32. The van der Waals surface area contributed by atoms with Crippen molar-refractivity contribution < 1.29 is 57.7 Å². The first-order valence-electron chi connectivity index (χ1n) is 14.7. The van der Waals surface area contributed by atoms with E-state index in [1.54, 1.807) is 13.8 Å². The molecule has 0 saturated carbocycles. The third-order valence-corrected chi connectivity index (χ3v) is 8.65. The molecule has 0 spiro atoms. The maximum atomic E-state index is 11.6. The van der Waals surface area contributed by atoms with Crippen LogP contribution in [-0.4, -0.2) is 52.3 Å². The molecular formula is C34H38HgN4O6. The molecule has 0 saturated heterocycles.